The van der Waals surface area contributed by atoms with Crippen molar-refractivity contribution < 1.29 is 8.42 Å². The molecule has 0 radical (unpaired) electrons. The average molecular weight is 404 g/mol. The lowest BCUT2D eigenvalue weighted by Crippen LogP contribution is -2.37. The molecule has 2 aromatic rings. The van der Waals surface area contributed by atoms with E-state index in [2.05, 4.69) is 11.1 Å². The predicted molar refractivity (Wildman–Crippen MR) is 107 cm³/mol. The predicted octanol–water partition coefficient (Wildman–Crippen LogP) is 4.40. The normalized spacial score (nSPS) is 15.5. The summed E-state index contributed by atoms with van der Waals surface area (Å²) < 4.78 is 26.8. The highest BCUT2D eigenvalue weighted by molar-refractivity contribution is 7.89. The van der Waals surface area contributed by atoms with Gasteiger partial charge in [-0.3, -0.25) is 4.98 Å². The van der Waals surface area contributed by atoms with E-state index < -0.39 is 10.0 Å². The summed E-state index contributed by atoms with van der Waals surface area (Å²) in [5.74, 6) is 0.412. The Morgan fingerprint density at radius 3 is 2.56 bits per heavy atom. The van der Waals surface area contributed by atoms with Gasteiger partial charge in [-0.25, -0.2) is 8.42 Å². The summed E-state index contributed by atoms with van der Waals surface area (Å²) in [5, 5.41) is 9.43. The lowest BCUT2D eigenvalue weighted by molar-refractivity contribution is 0.307. The molecule has 3 rings (SSSR count). The van der Waals surface area contributed by atoms with Gasteiger partial charge >= 0.3 is 0 Å². The van der Waals surface area contributed by atoms with Crippen LogP contribution in [0.25, 0.3) is 11.1 Å². The minimum absolute atomic E-state index is 0.0857. The molecular formula is C20H22ClN3O2S. The zero-order valence-corrected chi connectivity index (χ0v) is 17.0. The first kappa shape index (κ1) is 19.8. The molecule has 0 spiro atoms. The number of pyridine rings is 1. The Morgan fingerprint density at radius 2 is 2.00 bits per heavy atom. The van der Waals surface area contributed by atoms with Gasteiger partial charge in [-0.2, -0.15) is 9.57 Å². The van der Waals surface area contributed by atoms with Crippen LogP contribution in [0.2, 0.25) is 5.02 Å². The van der Waals surface area contributed by atoms with Crippen LogP contribution in [0.3, 0.4) is 0 Å². The third-order valence-corrected chi connectivity index (χ3v) is 7.18. The highest BCUT2D eigenvalue weighted by atomic mass is 35.5. The van der Waals surface area contributed by atoms with Gasteiger partial charge in [-0.1, -0.05) is 24.6 Å². The topological polar surface area (TPSA) is 74.1 Å². The molecule has 0 saturated heterocycles. The third-order valence-electron chi connectivity index (χ3n) is 4.94. The maximum atomic E-state index is 12.6. The maximum absolute atomic E-state index is 12.6. The molecule has 1 aliphatic carbocycles. The minimum atomic E-state index is -3.31. The van der Waals surface area contributed by atoms with E-state index in [0.717, 1.165) is 29.5 Å². The molecule has 7 heteroatoms. The van der Waals surface area contributed by atoms with E-state index in [1.807, 2.05) is 19.1 Å². The summed E-state index contributed by atoms with van der Waals surface area (Å²) in [5.41, 5.74) is 3.03. The minimum Gasteiger partial charge on any atom is -0.264 e. The summed E-state index contributed by atoms with van der Waals surface area (Å²) >= 11 is 6.16. The van der Waals surface area contributed by atoms with Crippen LogP contribution in [0.5, 0.6) is 0 Å². The smallest absolute Gasteiger partial charge is 0.214 e. The highest BCUT2D eigenvalue weighted by Crippen LogP contribution is 2.46. The van der Waals surface area contributed by atoms with E-state index in [4.69, 9.17) is 16.9 Å². The lowest BCUT2D eigenvalue weighted by atomic mass is 9.99. The van der Waals surface area contributed by atoms with Crippen molar-refractivity contribution in [2.45, 2.75) is 32.7 Å². The fraction of sp³-hybridized carbons (Fsp3) is 0.400. The third kappa shape index (κ3) is 4.16. The van der Waals surface area contributed by atoms with Gasteiger partial charge in [0.15, 0.2) is 0 Å². The van der Waals surface area contributed by atoms with Crippen LogP contribution in [0, 0.1) is 17.2 Å². The van der Waals surface area contributed by atoms with Crippen molar-refractivity contribution in [3.05, 3.63) is 52.8 Å². The molecule has 5 nitrogen and oxygen atoms in total. The van der Waals surface area contributed by atoms with Crippen LogP contribution in [0.4, 0.5) is 0 Å². The first-order valence-electron chi connectivity index (χ1n) is 9.05. The summed E-state index contributed by atoms with van der Waals surface area (Å²) in [6.07, 6.45) is 5.53. The van der Waals surface area contributed by atoms with Gasteiger partial charge in [0.25, 0.3) is 0 Å². The van der Waals surface area contributed by atoms with Crippen LogP contribution < -0.4 is 0 Å². The van der Waals surface area contributed by atoms with Gasteiger partial charge in [0.1, 0.15) is 6.07 Å². The fourth-order valence-corrected chi connectivity index (χ4v) is 4.97. The zero-order chi connectivity index (χ0) is 19.6. The van der Waals surface area contributed by atoms with Crippen LogP contribution in [0.15, 0.2) is 36.7 Å². The van der Waals surface area contributed by atoms with E-state index in [-0.39, 0.29) is 11.8 Å². The number of nitrogens with zero attached hydrogens (tertiary/aromatic N) is 3. The number of halogens is 1. The number of hydrogen-bond donors (Lipinski definition) is 0. The average Bonchev–Trinajstić information content (AvgIpc) is 3.50. The van der Waals surface area contributed by atoms with E-state index in [0.29, 0.717) is 23.0 Å². The van der Waals surface area contributed by atoms with Gasteiger partial charge in [0.2, 0.25) is 10.0 Å². The van der Waals surface area contributed by atoms with Crippen molar-refractivity contribution >= 4 is 21.6 Å². The van der Waals surface area contributed by atoms with Crippen molar-refractivity contribution in [2.24, 2.45) is 5.92 Å². The van der Waals surface area contributed by atoms with Crippen LogP contribution >= 0.6 is 11.6 Å². The SMILES string of the molecule is CCN(C(c1cncc(-c2ccc(C#N)c(Cl)c2)c1)C1CC1)S(=O)(=O)CC. The van der Waals surface area contributed by atoms with Gasteiger partial charge < -0.3 is 0 Å². The second-order valence-corrected chi connectivity index (χ2v) is 9.32. The molecule has 1 aliphatic rings. The van der Waals surface area contributed by atoms with Gasteiger partial charge in [-0.15, -0.1) is 0 Å². The molecule has 142 valence electrons. The van der Waals surface area contributed by atoms with Crippen molar-refractivity contribution in [1.82, 2.24) is 9.29 Å². The van der Waals surface area contributed by atoms with Gasteiger partial charge in [-0.05, 0) is 55.0 Å². The summed E-state index contributed by atoms with van der Waals surface area (Å²) in [4.78, 5) is 4.36. The number of sulfonamides is 1. The zero-order valence-electron chi connectivity index (χ0n) is 15.4. The molecule has 0 amide bonds. The lowest BCUT2D eigenvalue weighted by Gasteiger charge is -2.30. The van der Waals surface area contributed by atoms with Gasteiger partial charge in [0, 0.05) is 24.5 Å². The Labute approximate surface area is 165 Å². The number of nitriles is 1. The van der Waals surface area contributed by atoms with Crippen molar-refractivity contribution in [2.75, 3.05) is 12.3 Å². The van der Waals surface area contributed by atoms with E-state index in [9.17, 15) is 8.42 Å². The first-order valence-corrected chi connectivity index (χ1v) is 11.0. The Bertz CT molecular complexity index is 981. The van der Waals surface area contributed by atoms with Crippen molar-refractivity contribution in [3.63, 3.8) is 0 Å². The molecule has 1 aromatic heterocycles. The largest absolute Gasteiger partial charge is 0.264 e. The molecule has 1 unspecified atom stereocenters. The second-order valence-electron chi connectivity index (χ2n) is 6.70. The molecule has 1 aromatic carbocycles. The quantitative estimate of drug-likeness (QED) is 0.686. The first-order chi connectivity index (χ1) is 12.9. The molecule has 1 saturated carbocycles. The Balaban J connectivity index is 2.02. The van der Waals surface area contributed by atoms with Gasteiger partial charge in [0.05, 0.1) is 22.4 Å². The van der Waals surface area contributed by atoms with Crippen molar-refractivity contribution in [1.29, 1.82) is 5.26 Å². The maximum Gasteiger partial charge on any atom is 0.214 e. The molecule has 0 bridgehead atoms. The summed E-state index contributed by atoms with van der Waals surface area (Å²) in [7, 11) is -3.31. The van der Waals surface area contributed by atoms with E-state index in [1.54, 1.807) is 35.8 Å². The standard InChI is InChI=1S/C20H22ClN3O2S/c1-3-24(27(25,26)4-2)20(14-5-6-14)18-9-17(12-23-13-18)15-7-8-16(11-22)19(21)10-15/h7-10,12-14,20H,3-6H2,1-2H3. The molecule has 0 N–H and O–H groups in total. The Morgan fingerprint density at radius 1 is 1.26 bits per heavy atom. The number of rotatable bonds is 7. The number of hydrogen-bond acceptors (Lipinski definition) is 4. The fourth-order valence-electron chi connectivity index (χ4n) is 3.38. The molecule has 27 heavy (non-hydrogen) atoms. The molecular weight excluding hydrogens is 382 g/mol. The number of benzene rings is 1. The second kappa shape index (κ2) is 7.97. The Hall–Kier alpha value is -1.94. The molecule has 1 heterocycles. The summed E-state index contributed by atoms with van der Waals surface area (Å²) in [6, 6.07) is 9.10. The molecule has 0 aliphatic heterocycles. The Kier molecular flexibility index (Phi) is 5.85. The molecule has 1 atom stereocenters. The van der Waals surface area contributed by atoms with Crippen molar-refractivity contribution in [3.8, 4) is 17.2 Å². The summed E-state index contributed by atoms with van der Waals surface area (Å²) in [6.45, 7) is 3.99. The van der Waals surface area contributed by atoms with Crippen LogP contribution in [-0.2, 0) is 10.0 Å². The van der Waals surface area contributed by atoms with E-state index >= 15 is 0 Å². The number of aromatic nitrogens is 1. The van der Waals surface area contributed by atoms with Crippen LogP contribution in [0.1, 0.15) is 43.9 Å². The van der Waals surface area contributed by atoms with Crippen LogP contribution in [-0.4, -0.2) is 30.0 Å². The van der Waals surface area contributed by atoms with E-state index in [1.165, 1.54) is 0 Å². The monoisotopic (exact) mass is 403 g/mol. The molecule has 1 fully saturated rings. The highest BCUT2D eigenvalue weighted by Gasteiger charge is 2.40.